The number of imidazole rings is 1. The number of carbonyl (C=O) groups is 1. The molecule has 1 aliphatic carbocycles. The minimum atomic E-state index is -0.201. The molecule has 3 atom stereocenters. The monoisotopic (exact) mass is 446 g/mol. The van der Waals surface area contributed by atoms with Crippen molar-refractivity contribution in [3.8, 4) is 11.4 Å². The highest BCUT2D eigenvalue weighted by Gasteiger charge is 2.34. The lowest BCUT2D eigenvalue weighted by Crippen LogP contribution is -2.37. The Balaban J connectivity index is 1.67. The van der Waals surface area contributed by atoms with Crippen LogP contribution in [0.25, 0.3) is 32.9 Å². The zero-order chi connectivity index (χ0) is 23.5. The van der Waals surface area contributed by atoms with E-state index in [0.29, 0.717) is 23.4 Å². The summed E-state index contributed by atoms with van der Waals surface area (Å²) in [6.07, 6.45) is 3.22. The lowest BCUT2D eigenvalue weighted by Gasteiger charge is -2.36. The number of hydrogen-bond acceptors (Lipinski definition) is 3. The second-order valence-electron chi connectivity index (χ2n) is 9.55. The number of para-hydroxylation sites is 2. The van der Waals surface area contributed by atoms with Crippen LogP contribution in [-0.4, -0.2) is 16.6 Å². The zero-order valence-corrected chi connectivity index (χ0v) is 19.8. The minimum absolute atomic E-state index is 0.0246. The standard InChI is InChI=1S/C26H32N5O2/c1-17(2)21-14-9-18(3)15-24(21)33-25(32)16-31-23-8-6-5-7-22(23)30(4)26(31)19-10-12-20(13-11-19)28-29-27/h5-8,10-13,17-18,21,24H,9,14-16H2,1-4H3/q+1/t18-,21+,24?/m1/s1. The Morgan fingerprint density at radius 3 is 2.64 bits per heavy atom. The van der Waals surface area contributed by atoms with E-state index in [2.05, 4.69) is 35.4 Å². The van der Waals surface area contributed by atoms with E-state index < -0.39 is 0 Å². The summed E-state index contributed by atoms with van der Waals surface area (Å²) in [6, 6.07) is 15.5. The summed E-state index contributed by atoms with van der Waals surface area (Å²) in [4.78, 5) is 16.1. The lowest BCUT2D eigenvalue weighted by molar-refractivity contribution is -0.634. The fraction of sp³-hybridized carbons (Fsp3) is 0.462. The summed E-state index contributed by atoms with van der Waals surface area (Å²) in [5, 5.41) is 3.66. The average Bonchev–Trinajstić information content (AvgIpc) is 3.06. The topological polar surface area (TPSA) is 83.9 Å². The van der Waals surface area contributed by atoms with E-state index in [9.17, 15) is 4.79 Å². The first-order valence-electron chi connectivity index (χ1n) is 11.7. The van der Waals surface area contributed by atoms with Crippen LogP contribution in [0.1, 0.15) is 40.0 Å². The summed E-state index contributed by atoms with van der Waals surface area (Å²) < 4.78 is 10.2. The van der Waals surface area contributed by atoms with Gasteiger partial charge >= 0.3 is 5.97 Å². The van der Waals surface area contributed by atoms with Crippen LogP contribution in [0.5, 0.6) is 0 Å². The third-order valence-corrected chi connectivity index (χ3v) is 6.92. The Morgan fingerprint density at radius 1 is 1.21 bits per heavy atom. The molecular formula is C26H32N5O2+. The molecule has 2 aromatic carbocycles. The van der Waals surface area contributed by atoms with Gasteiger partial charge in [0.05, 0.1) is 12.6 Å². The molecule has 1 aliphatic rings. The van der Waals surface area contributed by atoms with Gasteiger partial charge in [0.15, 0.2) is 17.6 Å². The van der Waals surface area contributed by atoms with Gasteiger partial charge in [0, 0.05) is 10.6 Å². The van der Waals surface area contributed by atoms with Crippen LogP contribution in [0.15, 0.2) is 53.6 Å². The second kappa shape index (κ2) is 9.67. The van der Waals surface area contributed by atoms with Crippen LogP contribution < -0.4 is 4.57 Å². The van der Waals surface area contributed by atoms with E-state index in [0.717, 1.165) is 35.3 Å². The third-order valence-electron chi connectivity index (χ3n) is 6.92. The minimum Gasteiger partial charge on any atom is -0.459 e. The van der Waals surface area contributed by atoms with Crippen molar-refractivity contribution in [2.75, 3.05) is 0 Å². The first-order chi connectivity index (χ1) is 15.9. The summed E-state index contributed by atoms with van der Waals surface area (Å²) in [5.41, 5.74) is 12.2. The van der Waals surface area contributed by atoms with Gasteiger partial charge in [0.25, 0.3) is 5.82 Å². The summed E-state index contributed by atoms with van der Waals surface area (Å²) in [6.45, 7) is 6.83. The summed E-state index contributed by atoms with van der Waals surface area (Å²) >= 11 is 0. The van der Waals surface area contributed by atoms with Gasteiger partial charge in [-0.2, -0.15) is 0 Å². The van der Waals surface area contributed by atoms with E-state index in [4.69, 9.17) is 10.3 Å². The van der Waals surface area contributed by atoms with Crippen molar-refractivity contribution in [2.45, 2.75) is 52.7 Å². The molecule has 1 heterocycles. The number of aromatic nitrogens is 2. The van der Waals surface area contributed by atoms with Gasteiger partial charge in [-0.1, -0.05) is 56.6 Å². The van der Waals surface area contributed by atoms with E-state index in [1.54, 1.807) is 12.1 Å². The van der Waals surface area contributed by atoms with Crippen molar-refractivity contribution in [1.82, 2.24) is 4.57 Å². The van der Waals surface area contributed by atoms with E-state index >= 15 is 0 Å². The normalized spacial score (nSPS) is 20.6. The first-order valence-corrected chi connectivity index (χ1v) is 11.7. The number of ether oxygens (including phenoxy) is 1. The smallest absolute Gasteiger partial charge is 0.348 e. The van der Waals surface area contributed by atoms with Gasteiger partial charge in [-0.25, -0.2) is 13.9 Å². The molecule has 1 aromatic heterocycles. The maximum atomic E-state index is 13.2. The highest BCUT2D eigenvalue weighted by Crippen LogP contribution is 2.35. The number of aryl methyl sites for hydroxylation is 1. The van der Waals surface area contributed by atoms with Gasteiger partial charge in [-0.15, -0.1) is 0 Å². The summed E-state index contributed by atoms with van der Waals surface area (Å²) in [5.74, 6) is 2.18. The number of nitrogens with zero attached hydrogens (tertiary/aromatic N) is 5. The van der Waals surface area contributed by atoms with Gasteiger partial charge < -0.3 is 4.74 Å². The van der Waals surface area contributed by atoms with Crippen LogP contribution in [-0.2, 0) is 23.1 Å². The van der Waals surface area contributed by atoms with Crippen molar-refractivity contribution < 1.29 is 14.1 Å². The quantitative estimate of drug-likeness (QED) is 0.151. The SMILES string of the molecule is CC(C)[C@@H]1CC[C@@H](C)CC1OC(=O)Cn1c(-c2ccc(N=[N+]=[N-])cc2)[n+](C)c2ccccc21. The Bertz CT molecular complexity index is 1190. The number of benzene rings is 2. The molecular weight excluding hydrogens is 414 g/mol. The highest BCUT2D eigenvalue weighted by molar-refractivity contribution is 5.79. The zero-order valence-electron chi connectivity index (χ0n) is 19.8. The van der Waals surface area contributed by atoms with Crippen LogP contribution in [0.2, 0.25) is 0 Å². The van der Waals surface area contributed by atoms with Crippen molar-refractivity contribution in [3.63, 3.8) is 0 Å². The molecule has 33 heavy (non-hydrogen) atoms. The van der Waals surface area contributed by atoms with Crippen LogP contribution in [0.4, 0.5) is 5.69 Å². The molecule has 0 spiro atoms. The molecule has 0 amide bonds. The summed E-state index contributed by atoms with van der Waals surface area (Å²) in [7, 11) is 2.00. The fourth-order valence-electron chi connectivity index (χ4n) is 5.21. The molecule has 0 bridgehead atoms. The van der Waals surface area contributed by atoms with Gasteiger partial charge in [0.2, 0.25) is 0 Å². The number of azide groups is 1. The Hall–Kier alpha value is -3.31. The lowest BCUT2D eigenvalue weighted by atomic mass is 9.75. The third kappa shape index (κ3) is 4.74. The van der Waals surface area contributed by atoms with Crippen molar-refractivity contribution >= 4 is 22.7 Å². The highest BCUT2D eigenvalue weighted by atomic mass is 16.5. The second-order valence-corrected chi connectivity index (χ2v) is 9.55. The van der Waals surface area contributed by atoms with Crippen molar-refractivity contribution in [1.29, 1.82) is 0 Å². The molecule has 4 rings (SSSR count). The maximum Gasteiger partial charge on any atom is 0.348 e. The molecule has 0 N–H and O–H groups in total. The molecule has 0 radical (unpaired) electrons. The predicted octanol–water partition coefficient (Wildman–Crippen LogP) is 6.08. The van der Waals surface area contributed by atoms with E-state index in [1.165, 1.54) is 6.42 Å². The van der Waals surface area contributed by atoms with E-state index in [1.807, 2.05) is 48.0 Å². The molecule has 1 fully saturated rings. The Labute approximate surface area is 194 Å². The average molecular weight is 447 g/mol. The fourth-order valence-corrected chi connectivity index (χ4v) is 5.21. The first kappa shape index (κ1) is 22.9. The van der Waals surface area contributed by atoms with Crippen LogP contribution >= 0.6 is 0 Å². The Kier molecular flexibility index (Phi) is 6.70. The largest absolute Gasteiger partial charge is 0.459 e. The number of rotatable bonds is 6. The number of carbonyl (C=O) groups excluding carboxylic acids is 1. The number of hydrogen-bond donors (Lipinski definition) is 0. The molecule has 7 nitrogen and oxygen atoms in total. The van der Waals surface area contributed by atoms with Crippen LogP contribution in [0.3, 0.4) is 0 Å². The molecule has 172 valence electrons. The molecule has 0 aliphatic heterocycles. The molecule has 1 unspecified atom stereocenters. The molecule has 7 heteroatoms. The van der Waals surface area contributed by atoms with Crippen molar-refractivity contribution in [3.05, 3.63) is 59.0 Å². The molecule has 1 saturated carbocycles. The predicted molar refractivity (Wildman–Crippen MR) is 129 cm³/mol. The van der Waals surface area contributed by atoms with Crippen LogP contribution in [0, 0.1) is 17.8 Å². The van der Waals surface area contributed by atoms with Gasteiger partial charge in [-0.3, -0.25) is 0 Å². The maximum absolute atomic E-state index is 13.2. The van der Waals surface area contributed by atoms with Gasteiger partial charge in [-0.05, 0) is 60.4 Å². The van der Waals surface area contributed by atoms with Crippen molar-refractivity contribution in [2.24, 2.45) is 29.9 Å². The number of esters is 1. The molecule has 0 saturated heterocycles. The Morgan fingerprint density at radius 2 is 1.94 bits per heavy atom. The van der Waals surface area contributed by atoms with Gasteiger partial charge in [0.1, 0.15) is 6.10 Å². The van der Waals surface area contributed by atoms with E-state index in [-0.39, 0.29) is 18.6 Å². The molecule has 3 aromatic rings. The number of fused-ring (bicyclic) bond motifs is 1.